The molecule has 2 aromatic carbocycles. The summed E-state index contributed by atoms with van der Waals surface area (Å²) in [7, 11) is 0. The summed E-state index contributed by atoms with van der Waals surface area (Å²) >= 11 is 0. The fourth-order valence-corrected chi connectivity index (χ4v) is 4.39. The molecule has 31 heavy (non-hydrogen) atoms. The summed E-state index contributed by atoms with van der Waals surface area (Å²) in [5.41, 5.74) is 9.93. The molecule has 4 rings (SSSR count). The number of amides is 2. The zero-order valence-corrected chi connectivity index (χ0v) is 17.1. The van der Waals surface area contributed by atoms with Gasteiger partial charge in [0.25, 0.3) is 0 Å². The van der Waals surface area contributed by atoms with E-state index in [0.29, 0.717) is 30.8 Å². The summed E-state index contributed by atoms with van der Waals surface area (Å²) in [6.45, 7) is 1.45. The average Bonchev–Trinajstić information content (AvgIpc) is 3.27. The molecule has 0 aliphatic heterocycles. The Labute approximate surface area is 178 Å². The summed E-state index contributed by atoms with van der Waals surface area (Å²) in [6, 6.07) is 13.0. The Balaban J connectivity index is 1.88. The molecule has 1 aromatic heterocycles. The number of aromatic nitrogens is 1. The number of primary amides is 1. The van der Waals surface area contributed by atoms with Crippen molar-refractivity contribution in [2.75, 3.05) is 11.9 Å². The topological polar surface area (TPSA) is 124 Å². The van der Waals surface area contributed by atoms with E-state index in [1.54, 1.807) is 12.1 Å². The number of carboxylic acid groups (broad SMARTS) is 1. The molecule has 8 heteroatoms. The van der Waals surface area contributed by atoms with E-state index < -0.39 is 24.4 Å². The molecule has 0 saturated carbocycles. The highest BCUT2D eigenvalue weighted by Gasteiger charge is 2.34. The first-order valence-electron chi connectivity index (χ1n) is 10.00. The number of nitrogens with two attached hydrogens (primary N) is 1. The Hall–Kier alpha value is -3.81. The van der Waals surface area contributed by atoms with E-state index in [2.05, 4.69) is 9.88 Å². The maximum atomic E-state index is 12.2. The molecule has 0 saturated heterocycles. The Morgan fingerprint density at radius 3 is 2.68 bits per heavy atom. The van der Waals surface area contributed by atoms with Crippen molar-refractivity contribution in [2.45, 2.75) is 32.2 Å². The third-order valence-electron chi connectivity index (χ3n) is 5.57. The van der Waals surface area contributed by atoms with E-state index in [1.165, 1.54) is 6.92 Å². The second-order valence-corrected chi connectivity index (χ2v) is 7.61. The Kier molecular flexibility index (Phi) is 5.37. The average molecular weight is 421 g/mol. The number of fused-ring (bicyclic) bond motifs is 3. The molecule has 1 unspecified atom stereocenters. The molecule has 1 aliphatic carbocycles. The number of para-hydroxylation sites is 1. The summed E-state index contributed by atoms with van der Waals surface area (Å²) in [6.07, 6.45) is 1.26. The van der Waals surface area contributed by atoms with Gasteiger partial charge in [0, 0.05) is 30.2 Å². The zero-order chi connectivity index (χ0) is 22.1. The van der Waals surface area contributed by atoms with Crippen molar-refractivity contribution < 1.29 is 24.2 Å². The number of benzene rings is 2. The molecule has 1 atom stereocenters. The van der Waals surface area contributed by atoms with Crippen LogP contribution in [0.15, 0.2) is 42.5 Å². The van der Waals surface area contributed by atoms with Gasteiger partial charge in [-0.05, 0) is 42.2 Å². The first-order valence-corrected chi connectivity index (χ1v) is 10.00. The molecule has 2 amide bonds. The van der Waals surface area contributed by atoms with Gasteiger partial charge in [0.2, 0.25) is 11.8 Å². The number of nitrogens with zero attached hydrogens (tertiary/aromatic N) is 1. The van der Waals surface area contributed by atoms with Gasteiger partial charge in [0.15, 0.2) is 6.61 Å². The zero-order valence-electron chi connectivity index (χ0n) is 17.1. The minimum atomic E-state index is -1.08. The second kappa shape index (κ2) is 8.14. The van der Waals surface area contributed by atoms with Crippen LogP contribution in [0.3, 0.4) is 0 Å². The highest BCUT2D eigenvalue weighted by Crippen LogP contribution is 2.44. The van der Waals surface area contributed by atoms with E-state index in [9.17, 15) is 14.4 Å². The molecule has 3 aromatic rings. The first-order chi connectivity index (χ1) is 14.9. The molecular weight excluding hydrogens is 398 g/mol. The Morgan fingerprint density at radius 2 is 1.97 bits per heavy atom. The maximum Gasteiger partial charge on any atom is 0.341 e. The highest BCUT2D eigenvalue weighted by atomic mass is 16.5. The third kappa shape index (κ3) is 3.84. The molecular formula is C23H23N3O5. The number of ether oxygens (including phenoxy) is 1. The molecule has 0 bridgehead atoms. The van der Waals surface area contributed by atoms with Gasteiger partial charge >= 0.3 is 5.97 Å². The normalized spacial score (nSPS) is 14.9. The smallest absolute Gasteiger partial charge is 0.341 e. The fourth-order valence-electron chi connectivity index (χ4n) is 4.39. The van der Waals surface area contributed by atoms with E-state index in [1.807, 2.05) is 30.3 Å². The highest BCUT2D eigenvalue weighted by molar-refractivity contribution is 5.98. The van der Waals surface area contributed by atoms with Crippen molar-refractivity contribution in [3.63, 3.8) is 0 Å². The van der Waals surface area contributed by atoms with E-state index in [0.717, 1.165) is 27.7 Å². The van der Waals surface area contributed by atoms with Crippen LogP contribution in [0.1, 0.15) is 36.1 Å². The lowest BCUT2D eigenvalue weighted by Crippen LogP contribution is -2.19. The molecule has 1 aliphatic rings. The number of hydrogen-bond donors (Lipinski definition) is 3. The SMILES string of the molecule is CC(=O)Nc1ccccc1Cn1c2c(c3c(OCC(=O)O)cccc31)C(C(N)=O)CC2. The molecule has 0 fully saturated rings. The maximum absolute atomic E-state index is 12.2. The molecule has 4 N–H and O–H groups in total. The van der Waals surface area contributed by atoms with Crippen LogP contribution in [0, 0.1) is 0 Å². The van der Waals surface area contributed by atoms with Gasteiger partial charge in [-0.3, -0.25) is 9.59 Å². The van der Waals surface area contributed by atoms with Crippen molar-refractivity contribution in [2.24, 2.45) is 5.73 Å². The van der Waals surface area contributed by atoms with Gasteiger partial charge in [0.05, 0.1) is 11.4 Å². The molecule has 160 valence electrons. The van der Waals surface area contributed by atoms with Gasteiger partial charge in [-0.25, -0.2) is 4.79 Å². The van der Waals surface area contributed by atoms with Crippen LogP contribution < -0.4 is 15.8 Å². The lowest BCUT2D eigenvalue weighted by molar-refractivity contribution is -0.139. The van der Waals surface area contributed by atoms with Crippen molar-refractivity contribution >= 4 is 34.4 Å². The van der Waals surface area contributed by atoms with Crippen LogP contribution in [0.25, 0.3) is 10.9 Å². The first kappa shape index (κ1) is 20.5. The minimum Gasteiger partial charge on any atom is -0.481 e. The predicted molar refractivity (Wildman–Crippen MR) is 115 cm³/mol. The van der Waals surface area contributed by atoms with Crippen molar-refractivity contribution in [3.05, 3.63) is 59.3 Å². The Bertz CT molecular complexity index is 1200. The number of carbonyl (C=O) groups is 3. The van der Waals surface area contributed by atoms with Crippen molar-refractivity contribution in [1.29, 1.82) is 0 Å². The third-order valence-corrected chi connectivity index (χ3v) is 5.57. The van der Waals surface area contributed by atoms with Crippen LogP contribution in [0.4, 0.5) is 5.69 Å². The van der Waals surface area contributed by atoms with E-state index in [-0.39, 0.29) is 5.91 Å². The quantitative estimate of drug-likeness (QED) is 0.541. The lowest BCUT2D eigenvalue weighted by Gasteiger charge is -2.14. The lowest BCUT2D eigenvalue weighted by atomic mass is 9.99. The van der Waals surface area contributed by atoms with Gasteiger partial charge in [-0.2, -0.15) is 0 Å². The predicted octanol–water partition coefficient (Wildman–Crippen LogP) is 2.63. The van der Waals surface area contributed by atoms with Crippen LogP contribution >= 0.6 is 0 Å². The fraction of sp³-hybridized carbons (Fsp3) is 0.261. The monoisotopic (exact) mass is 421 g/mol. The molecule has 8 nitrogen and oxygen atoms in total. The van der Waals surface area contributed by atoms with Gasteiger partial charge in [-0.1, -0.05) is 24.3 Å². The number of nitrogens with one attached hydrogen (secondary N) is 1. The number of hydrogen-bond acceptors (Lipinski definition) is 4. The van der Waals surface area contributed by atoms with Crippen LogP contribution in [-0.2, 0) is 27.3 Å². The van der Waals surface area contributed by atoms with Crippen LogP contribution in [0.5, 0.6) is 5.75 Å². The van der Waals surface area contributed by atoms with E-state index >= 15 is 0 Å². The summed E-state index contributed by atoms with van der Waals surface area (Å²) in [4.78, 5) is 34.8. The number of aliphatic carboxylic acids is 1. The summed E-state index contributed by atoms with van der Waals surface area (Å²) < 4.78 is 7.65. The Morgan fingerprint density at radius 1 is 1.19 bits per heavy atom. The number of anilines is 1. The number of carboxylic acids is 1. The minimum absolute atomic E-state index is 0.159. The molecule has 1 heterocycles. The van der Waals surface area contributed by atoms with Crippen molar-refractivity contribution in [3.8, 4) is 5.75 Å². The van der Waals surface area contributed by atoms with Gasteiger partial charge in [0.1, 0.15) is 5.75 Å². The van der Waals surface area contributed by atoms with E-state index in [4.69, 9.17) is 15.6 Å². The number of rotatable bonds is 7. The molecule has 0 radical (unpaired) electrons. The van der Waals surface area contributed by atoms with Gasteiger partial charge in [-0.15, -0.1) is 0 Å². The van der Waals surface area contributed by atoms with Crippen LogP contribution in [0.2, 0.25) is 0 Å². The number of carbonyl (C=O) groups excluding carboxylic acids is 2. The largest absolute Gasteiger partial charge is 0.481 e. The second-order valence-electron chi connectivity index (χ2n) is 7.61. The summed E-state index contributed by atoms with van der Waals surface area (Å²) in [5, 5.41) is 12.6. The standard InChI is InChI=1S/C23H23N3O5/c1-13(27)25-16-6-3-2-5-14(16)11-26-17-7-4-8-19(31-12-20(28)29)22(17)21-15(23(24)30)9-10-18(21)26/h2-8,15H,9-12H2,1H3,(H2,24,30)(H,25,27)(H,28,29). The molecule has 0 spiro atoms. The summed E-state index contributed by atoms with van der Waals surface area (Å²) in [5.74, 6) is -1.70. The van der Waals surface area contributed by atoms with Crippen LogP contribution in [-0.4, -0.2) is 34.1 Å². The van der Waals surface area contributed by atoms with Gasteiger partial charge < -0.3 is 25.5 Å². The van der Waals surface area contributed by atoms with Crippen molar-refractivity contribution in [1.82, 2.24) is 4.57 Å².